The lowest BCUT2D eigenvalue weighted by Crippen LogP contribution is -2.52. The lowest BCUT2D eigenvalue weighted by Gasteiger charge is -2.34. The third kappa shape index (κ3) is 3.87. The molecule has 6 heteroatoms. The zero-order chi connectivity index (χ0) is 13.8. The SMILES string of the molecule is CSCc1cc(C(=O)N2CCNC[C@H]2C)ccc1F.Cl. The molecule has 1 aliphatic rings. The van der Waals surface area contributed by atoms with Crippen LogP contribution in [0.5, 0.6) is 0 Å². The van der Waals surface area contributed by atoms with E-state index < -0.39 is 0 Å². The fourth-order valence-electron chi connectivity index (χ4n) is 2.28. The average Bonchev–Trinajstić information content (AvgIpc) is 2.41. The predicted molar refractivity (Wildman–Crippen MR) is 84.2 cm³/mol. The van der Waals surface area contributed by atoms with Crippen LogP contribution in [0.2, 0.25) is 0 Å². The molecule has 1 aliphatic heterocycles. The summed E-state index contributed by atoms with van der Waals surface area (Å²) >= 11 is 1.55. The molecule has 0 aromatic heterocycles. The lowest BCUT2D eigenvalue weighted by molar-refractivity contribution is 0.0655. The monoisotopic (exact) mass is 318 g/mol. The van der Waals surface area contributed by atoms with Crippen LogP contribution in [0, 0.1) is 5.82 Å². The summed E-state index contributed by atoms with van der Waals surface area (Å²) in [4.78, 5) is 14.3. The third-order valence-corrected chi connectivity index (χ3v) is 3.95. The molecule has 0 unspecified atom stereocenters. The van der Waals surface area contributed by atoms with Gasteiger partial charge in [0.25, 0.3) is 5.91 Å². The average molecular weight is 319 g/mol. The fourth-order valence-corrected chi connectivity index (χ4v) is 2.81. The number of rotatable bonds is 3. The number of amides is 1. The summed E-state index contributed by atoms with van der Waals surface area (Å²) in [5.74, 6) is 0.347. The van der Waals surface area contributed by atoms with Crippen LogP contribution in [-0.4, -0.2) is 42.7 Å². The lowest BCUT2D eigenvalue weighted by atomic mass is 10.1. The zero-order valence-electron chi connectivity index (χ0n) is 11.7. The number of nitrogens with one attached hydrogen (secondary N) is 1. The molecule has 1 heterocycles. The molecule has 1 aromatic carbocycles. The number of hydrogen-bond acceptors (Lipinski definition) is 3. The fraction of sp³-hybridized carbons (Fsp3) is 0.500. The van der Waals surface area contributed by atoms with Gasteiger partial charge in [-0.15, -0.1) is 12.4 Å². The van der Waals surface area contributed by atoms with Crippen LogP contribution in [0.1, 0.15) is 22.8 Å². The summed E-state index contributed by atoms with van der Waals surface area (Å²) in [6.45, 7) is 4.35. The molecule has 3 nitrogen and oxygen atoms in total. The molecule has 1 atom stereocenters. The molecule has 112 valence electrons. The van der Waals surface area contributed by atoms with E-state index in [1.165, 1.54) is 6.07 Å². The summed E-state index contributed by atoms with van der Waals surface area (Å²) in [7, 11) is 0. The van der Waals surface area contributed by atoms with Crippen molar-refractivity contribution in [2.45, 2.75) is 18.7 Å². The highest BCUT2D eigenvalue weighted by Crippen LogP contribution is 2.18. The quantitative estimate of drug-likeness (QED) is 0.929. The largest absolute Gasteiger partial charge is 0.333 e. The molecule has 0 aliphatic carbocycles. The summed E-state index contributed by atoms with van der Waals surface area (Å²) < 4.78 is 13.6. The van der Waals surface area contributed by atoms with E-state index in [4.69, 9.17) is 0 Å². The molecule has 0 saturated carbocycles. The van der Waals surface area contributed by atoms with Crippen molar-refractivity contribution in [3.63, 3.8) is 0 Å². The molecule has 1 saturated heterocycles. The van der Waals surface area contributed by atoms with E-state index in [1.807, 2.05) is 18.1 Å². The van der Waals surface area contributed by atoms with Crippen molar-refractivity contribution in [2.75, 3.05) is 25.9 Å². The highest BCUT2D eigenvalue weighted by atomic mass is 35.5. The number of carbonyl (C=O) groups excluding carboxylic acids is 1. The van der Waals surface area contributed by atoms with Crippen molar-refractivity contribution in [1.29, 1.82) is 0 Å². The Kier molecular flexibility index (Phi) is 6.79. The third-order valence-electron chi connectivity index (χ3n) is 3.35. The maximum Gasteiger partial charge on any atom is 0.254 e. The van der Waals surface area contributed by atoms with Crippen molar-refractivity contribution in [1.82, 2.24) is 10.2 Å². The Morgan fingerprint density at radius 3 is 2.95 bits per heavy atom. The number of benzene rings is 1. The van der Waals surface area contributed by atoms with Gasteiger partial charge in [-0.05, 0) is 36.9 Å². The Hall–Kier alpha value is -0.780. The Bertz CT molecular complexity index is 472. The van der Waals surface area contributed by atoms with Gasteiger partial charge in [0.2, 0.25) is 0 Å². The Balaban J connectivity index is 0.00000200. The number of nitrogens with zero attached hydrogens (tertiary/aromatic N) is 1. The topological polar surface area (TPSA) is 32.3 Å². The van der Waals surface area contributed by atoms with Gasteiger partial charge in [0.1, 0.15) is 5.82 Å². The normalized spacial score (nSPS) is 18.6. The molecule has 2 rings (SSSR count). The molecular weight excluding hydrogens is 299 g/mol. The van der Waals surface area contributed by atoms with E-state index in [2.05, 4.69) is 5.32 Å². The molecule has 1 fully saturated rings. The van der Waals surface area contributed by atoms with Gasteiger partial charge in [-0.3, -0.25) is 4.79 Å². The number of carbonyl (C=O) groups is 1. The molecule has 1 aromatic rings. The number of piperazine rings is 1. The molecule has 0 spiro atoms. The van der Waals surface area contributed by atoms with E-state index in [0.717, 1.165) is 13.1 Å². The number of hydrogen-bond donors (Lipinski definition) is 1. The zero-order valence-corrected chi connectivity index (χ0v) is 13.3. The molecule has 1 amide bonds. The number of thioether (sulfide) groups is 1. The summed E-state index contributed by atoms with van der Waals surface area (Å²) in [6, 6.07) is 4.83. The van der Waals surface area contributed by atoms with Crippen LogP contribution in [0.15, 0.2) is 18.2 Å². The second-order valence-electron chi connectivity index (χ2n) is 4.79. The van der Waals surface area contributed by atoms with Crippen LogP contribution in [0.4, 0.5) is 4.39 Å². The highest BCUT2D eigenvalue weighted by Gasteiger charge is 2.24. The molecular formula is C14H20ClFN2OS. The smallest absolute Gasteiger partial charge is 0.254 e. The van der Waals surface area contributed by atoms with E-state index in [1.54, 1.807) is 23.9 Å². The second kappa shape index (κ2) is 7.86. The molecule has 1 N–H and O–H groups in total. The summed E-state index contributed by atoms with van der Waals surface area (Å²) in [5, 5.41) is 3.25. The first-order valence-electron chi connectivity index (χ1n) is 6.42. The highest BCUT2D eigenvalue weighted by molar-refractivity contribution is 7.97. The first-order chi connectivity index (χ1) is 9.13. The minimum absolute atomic E-state index is 0. The number of halogens is 2. The van der Waals surface area contributed by atoms with E-state index in [0.29, 0.717) is 23.4 Å². The van der Waals surface area contributed by atoms with E-state index in [9.17, 15) is 9.18 Å². The van der Waals surface area contributed by atoms with Gasteiger partial charge < -0.3 is 10.2 Å². The Morgan fingerprint density at radius 1 is 1.55 bits per heavy atom. The van der Waals surface area contributed by atoms with Crippen molar-refractivity contribution < 1.29 is 9.18 Å². The Labute approximate surface area is 129 Å². The van der Waals surface area contributed by atoms with Crippen LogP contribution in [-0.2, 0) is 5.75 Å². The van der Waals surface area contributed by atoms with Crippen molar-refractivity contribution >= 4 is 30.1 Å². The maximum atomic E-state index is 13.6. The van der Waals surface area contributed by atoms with E-state index in [-0.39, 0.29) is 30.2 Å². The summed E-state index contributed by atoms with van der Waals surface area (Å²) in [5.41, 5.74) is 1.18. The molecule has 0 radical (unpaired) electrons. The van der Waals surface area contributed by atoms with Gasteiger partial charge in [-0.2, -0.15) is 11.8 Å². The minimum atomic E-state index is -0.237. The van der Waals surface area contributed by atoms with Gasteiger partial charge in [-0.1, -0.05) is 0 Å². The maximum absolute atomic E-state index is 13.6. The molecule has 20 heavy (non-hydrogen) atoms. The second-order valence-corrected chi connectivity index (χ2v) is 5.66. The van der Waals surface area contributed by atoms with Gasteiger partial charge in [0.05, 0.1) is 0 Å². The molecule has 0 bridgehead atoms. The van der Waals surface area contributed by atoms with Crippen LogP contribution in [0.25, 0.3) is 0 Å². The van der Waals surface area contributed by atoms with Gasteiger partial charge >= 0.3 is 0 Å². The van der Waals surface area contributed by atoms with Gasteiger partial charge in [0.15, 0.2) is 0 Å². The standard InChI is InChI=1S/C14H19FN2OS.ClH/c1-10-8-16-5-6-17(10)14(18)11-3-4-13(15)12(7-11)9-19-2;/h3-4,7,10,16H,5-6,8-9H2,1-2H3;1H/t10-;/m1./s1. The first kappa shape index (κ1) is 17.3. The summed E-state index contributed by atoms with van der Waals surface area (Å²) in [6.07, 6.45) is 1.92. The van der Waals surface area contributed by atoms with Crippen molar-refractivity contribution in [3.05, 3.63) is 35.1 Å². The van der Waals surface area contributed by atoms with Gasteiger partial charge in [-0.25, -0.2) is 4.39 Å². The first-order valence-corrected chi connectivity index (χ1v) is 7.82. The predicted octanol–water partition coefficient (Wildman–Crippen LogP) is 2.54. The van der Waals surface area contributed by atoms with Crippen molar-refractivity contribution in [3.8, 4) is 0 Å². The van der Waals surface area contributed by atoms with Gasteiger partial charge in [0, 0.05) is 37.0 Å². The van der Waals surface area contributed by atoms with E-state index >= 15 is 0 Å². The Morgan fingerprint density at radius 2 is 2.30 bits per heavy atom. The van der Waals surface area contributed by atoms with Crippen LogP contribution < -0.4 is 5.32 Å². The van der Waals surface area contributed by atoms with Crippen LogP contribution >= 0.6 is 24.2 Å². The van der Waals surface area contributed by atoms with Crippen LogP contribution in [0.3, 0.4) is 0 Å². The minimum Gasteiger partial charge on any atom is -0.333 e. The van der Waals surface area contributed by atoms with Crippen molar-refractivity contribution in [2.24, 2.45) is 0 Å².